The first-order chi connectivity index (χ1) is 5.35. The topological polar surface area (TPSA) is 70.6 Å². The molecule has 0 unspecified atom stereocenters. The van der Waals surface area contributed by atoms with E-state index < -0.39 is 0 Å². The molecule has 4 nitrogen and oxygen atoms in total. The van der Waals surface area contributed by atoms with Crippen LogP contribution in [0.3, 0.4) is 0 Å². The number of nitrogens with one attached hydrogen (secondary N) is 1. The molecule has 0 saturated carbocycles. The summed E-state index contributed by atoms with van der Waals surface area (Å²) in [5.41, 5.74) is 6.05. The number of nitrogens with zero attached hydrogens (tertiary/aromatic N) is 1. The van der Waals surface area contributed by atoms with Gasteiger partial charge in [0.05, 0.1) is 6.61 Å². The van der Waals surface area contributed by atoms with Gasteiger partial charge in [0.2, 0.25) is 0 Å². The van der Waals surface area contributed by atoms with Crippen molar-refractivity contribution in [2.24, 2.45) is 10.7 Å². The zero-order valence-electron chi connectivity index (χ0n) is 6.75. The Labute approximate surface area is 66.8 Å². The summed E-state index contributed by atoms with van der Waals surface area (Å²) >= 11 is 0. The Morgan fingerprint density at radius 1 is 1.73 bits per heavy atom. The first kappa shape index (κ1) is 10.1. The molecule has 0 rings (SSSR count). The van der Waals surface area contributed by atoms with Crippen LogP contribution in [0.4, 0.5) is 0 Å². The van der Waals surface area contributed by atoms with E-state index in [4.69, 9.17) is 10.8 Å². The molecule has 11 heavy (non-hydrogen) atoms. The minimum atomic E-state index is 0.142. The lowest BCUT2D eigenvalue weighted by atomic mass is 10.3. The van der Waals surface area contributed by atoms with Crippen LogP contribution in [0.1, 0.15) is 0 Å². The second kappa shape index (κ2) is 7.24. The molecule has 0 amide bonds. The van der Waals surface area contributed by atoms with Crippen molar-refractivity contribution in [3.8, 4) is 0 Å². The van der Waals surface area contributed by atoms with Gasteiger partial charge >= 0.3 is 0 Å². The minimum absolute atomic E-state index is 0.142. The minimum Gasteiger partial charge on any atom is -0.405 e. The van der Waals surface area contributed by atoms with Crippen LogP contribution in [-0.2, 0) is 0 Å². The predicted molar refractivity (Wildman–Crippen MR) is 46.6 cm³/mol. The summed E-state index contributed by atoms with van der Waals surface area (Å²) in [6.45, 7) is 1.37. The van der Waals surface area contributed by atoms with Crippen LogP contribution in [0, 0.1) is 0 Å². The predicted octanol–water partition coefficient (Wildman–Crippen LogP) is -0.888. The molecule has 64 valence electrons. The van der Waals surface area contributed by atoms with Gasteiger partial charge in [0.15, 0.2) is 0 Å². The fourth-order valence-electron chi connectivity index (χ4n) is 0.619. The van der Waals surface area contributed by atoms with Crippen LogP contribution in [0.25, 0.3) is 0 Å². The first-order valence-corrected chi connectivity index (χ1v) is 3.50. The molecule has 0 spiro atoms. The lowest BCUT2D eigenvalue weighted by Crippen LogP contribution is -2.24. The second-order valence-electron chi connectivity index (χ2n) is 1.97. The van der Waals surface area contributed by atoms with E-state index in [0.717, 1.165) is 5.71 Å². The van der Waals surface area contributed by atoms with Crippen LogP contribution in [0.2, 0.25) is 0 Å². The SMILES string of the molecule is CN=C(/C=C\N)CNCCO. The summed E-state index contributed by atoms with van der Waals surface area (Å²) in [6.07, 6.45) is 3.17. The van der Waals surface area contributed by atoms with Gasteiger partial charge in [-0.15, -0.1) is 0 Å². The molecule has 0 fully saturated rings. The Balaban J connectivity index is 3.54. The molecule has 0 aliphatic rings. The molecule has 0 radical (unpaired) electrons. The monoisotopic (exact) mass is 157 g/mol. The van der Waals surface area contributed by atoms with Crippen molar-refractivity contribution >= 4 is 5.71 Å². The third-order valence-corrected chi connectivity index (χ3v) is 1.17. The highest BCUT2D eigenvalue weighted by molar-refractivity contribution is 5.96. The zero-order valence-corrected chi connectivity index (χ0v) is 6.75. The Hall–Kier alpha value is -0.870. The van der Waals surface area contributed by atoms with Crippen molar-refractivity contribution in [2.75, 3.05) is 26.7 Å². The maximum atomic E-state index is 8.44. The van der Waals surface area contributed by atoms with E-state index in [1.165, 1.54) is 6.20 Å². The number of rotatable bonds is 5. The van der Waals surface area contributed by atoms with Crippen LogP contribution < -0.4 is 11.1 Å². The molecule has 4 N–H and O–H groups in total. The van der Waals surface area contributed by atoms with Gasteiger partial charge in [-0.3, -0.25) is 4.99 Å². The zero-order chi connectivity index (χ0) is 8.53. The van der Waals surface area contributed by atoms with Gasteiger partial charge < -0.3 is 16.2 Å². The van der Waals surface area contributed by atoms with Crippen LogP contribution in [0.5, 0.6) is 0 Å². The van der Waals surface area contributed by atoms with Gasteiger partial charge in [0.1, 0.15) is 0 Å². The third-order valence-electron chi connectivity index (χ3n) is 1.17. The normalized spacial score (nSPS) is 12.7. The Morgan fingerprint density at radius 2 is 2.45 bits per heavy atom. The number of hydrogen-bond acceptors (Lipinski definition) is 4. The molecule has 0 heterocycles. The van der Waals surface area contributed by atoms with E-state index >= 15 is 0 Å². The van der Waals surface area contributed by atoms with Crippen LogP contribution >= 0.6 is 0 Å². The lowest BCUT2D eigenvalue weighted by molar-refractivity contribution is 0.295. The molecule has 0 aromatic heterocycles. The first-order valence-electron chi connectivity index (χ1n) is 3.50. The molecule has 0 saturated heterocycles. The quantitative estimate of drug-likeness (QED) is 0.358. The number of aliphatic imine (C=N–C) groups is 1. The average Bonchev–Trinajstić information content (AvgIpc) is 2.03. The molecule has 4 heteroatoms. The number of hydrogen-bond donors (Lipinski definition) is 3. The summed E-state index contributed by atoms with van der Waals surface area (Å²) in [4.78, 5) is 3.96. The molecular weight excluding hydrogens is 142 g/mol. The van der Waals surface area contributed by atoms with E-state index in [-0.39, 0.29) is 6.61 Å². The van der Waals surface area contributed by atoms with Crippen LogP contribution in [-0.4, -0.2) is 37.6 Å². The van der Waals surface area contributed by atoms with Gasteiger partial charge in [-0.05, 0) is 12.3 Å². The number of aliphatic hydroxyl groups excluding tert-OH is 1. The molecule has 0 aromatic carbocycles. The summed E-state index contributed by atoms with van der Waals surface area (Å²) in [6, 6.07) is 0. The van der Waals surface area contributed by atoms with Gasteiger partial charge in [0.25, 0.3) is 0 Å². The molecular formula is C7H15N3O. The fourth-order valence-corrected chi connectivity index (χ4v) is 0.619. The van der Waals surface area contributed by atoms with Crippen LogP contribution in [0.15, 0.2) is 17.3 Å². The van der Waals surface area contributed by atoms with Gasteiger partial charge in [-0.25, -0.2) is 0 Å². The summed E-state index contributed by atoms with van der Waals surface area (Å²) < 4.78 is 0. The Kier molecular flexibility index (Phi) is 6.67. The van der Waals surface area contributed by atoms with E-state index in [1.807, 2.05) is 0 Å². The van der Waals surface area contributed by atoms with Crippen molar-refractivity contribution in [2.45, 2.75) is 0 Å². The largest absolute Gasteiger partial charge is 0.405 e. The highest BCUT2D eigenvalue weighted by Gasteiger charge is 1.90. The highest BCUT2D eigenvalue weighted by atomic mass is 16.3. The molecule has 0 aliphatic heterocycles. The lowest BCUT2D eigenvalue weighted by Gasteiger charge is -2.00. The number of aliphatic hydroxyl groups is 1. The average molecular weight is 157 g/mol. The van der Waals surface area contributed by atoms with Crippen molar-refractivity contribution in [3.63, 3.8) is 0 Å². The molecule has 0 bridgehead atoms. The molecule has 0 aromatic rings. The maximum Gasteiger partial charge on any atom is 0.0556 e. The van der Waals surface area contributed by atoms with Gasteiger partial charge in [-0.2, -0.15) is 0 Å². The van der Waals surface area contributed by atoms with E-state index in [9.17, 15) is 0 Å². The van der Waals surface area contributed by atoms with E-state index in [2.05, 4.69) is 10.3 Å². The van der Waals surface area contributed by atoms with Crippen molar-refractivity contribution in [1.82, 2.24) is 5.32 Å². The van der Waals surface area contributed by atoms with Gasteiger partial charge in [0, 0.05) is 25.8 Å². The van der Waals surface area contributed by atoms with E-state index in [0.29, 0.717) is 13.1 Å². The second-order valence-corrected chi connectivity index (χ2v) is 1.97. The van der Waals surface area contributed by atoms with E-state index in [1.54, 1.807) is 13.1 Å². The standard InChI is InChI=1S/C7H15N3O/c1-9-7(2-3-8)6-10-4-5-11/h2-3,10-11H,4-6,8H2,1H3/b3-2-,9-7?. The molecule has 0 atom stereocenters. The fraction of sp³-hybridized carbons (Fsp3) is 0.571. The summed E-state index contributed by atoms with van der Waals surface area (Å²) in [7, 11) is 1.70. The Morgan fingerprint density at radius 3 is 2.91 bits per heavy atom. The summed E-state index contributed by atoms with van der Waals surface area (Å²) in [5.74, 6) is 0. The number of nitrogens with two attached hydrogens (primary N) is 1. The maximum absolute atomic E-state index is 8.44. The summed E-state index contributed by atoms with van der Waals surface area (Å²) in [5, 5.41) is 11.4. The molecule has 0 aliphatic carbocycles. The smallest absolute Gasteiger partial charge is 0.0556 e. The van der Waals surface area contributed by atoms with Crippen molar-refractivity contribution in [3.05, 3.63) is 12.3 Å². The third kappa shape index (κ3) is 5.57. The Bertz CT molecular complexity index is 143. The van der Waals surface area contributed by atoms with Crippen molar-refractivity contribution in [1.29, 1.82) is 0 Å². The van der Waals surface area contributed by atoms with Gasteiger partial charge in [-0.1, -0.05) is 0 Å². The highest BCUT2D eigenvalue weighted by Crippen LogP contribution is 1.76. The van der Waals surface area contributed by atoms with Crippen molar-refractivity contribution < 1.29 is 5.11 Å².